The van der Waals surface area contributed by atoms with Gasteiger partial charge in [0, 0.05) is 11.4 Å². The maximum atomic E-state index is 11.9. The van der Waals surface area contributed by atoms with E-state index in [1.54, 1.807) is 36.8 Å². The highest BCUT2D eigenvalue weighted by molar-refractivity contribution is 7.11. The fourth-order valence-corrected chi connectivity index (χ4v) is 2.32. The van der Waals surface area contributed by atoms with Crippen molar-refractivity contribution in [2.24, 2.45) is 0 Å². The van der Waals surface area contributed by atoms with E-state index in [9.17, 15) is 9.59 Å². The van der Waals surface area contributed by atoms with Crippen molar-refractivity contribution in [1.29, 1.82) is 0 Å². The Morgan fingerprint density at radius 3 is 2.81 bits per heavy atom. The summed E-state index contributed by atoms with van der Waals surface area (Å²) in [5.74, 6) is -0.116. The van der Waals surface area contributed by atoms with Crippen LogP contribution in [0, 0.1) is 0 Å². The molecule has 1 aromatic carbocycles. The molecule has 0 saturated carbocycles. The summed E-state index contributed by atoms with van der Waals surface area (Å²) in [5, 5.41) is 10.5. The molecule has 0 saturated heterocycles. The van der Waals surface area contributed by atoms with Gasteiger partial charge in [-0.1, -0.05) is 6.07 Å². The summed E-state index contributed by atoms with van der Waals surface area (Å²) in [7, 11) is 1.55. The minimum Gasteiger partial charge on any atom is -0.497 e. The highest BCUT2D eigenvalue weighted by Gasteiger charge is 2.13. The first-order valence-electron chi connectivity index (χ1n) is 6.04. The van der Waals surface area contributed by atoms with E-state index in [0.717, 1.165) is 11.3 Å². The summed E-state index contributed by atoms with van der Waals surface area (Å²) in [6.07, 6.45) is -0.194. The number of Topliss-reactive ketones (excluding diaryl/α,β-unsaturated/α-hetero) is 1. The van der Waals surface area contributed by atoms with Gasteiger partial charge in [0.15, 0.2) is 11.6 Å². The highest BCUT2D eigenvalue weighted by atomic mass is 32.1. The number of rotatable bonds is 7. The molecule has 0 aliphatic carbocycles. The van der Waals surface area contributed by atoms with E-state index in [0.29, 0.717) is 17.2 Å². The zero-order valence-corrected chi connectivity index (χ0v) is 12.1. The molecule has 0 aliphatic heterocycles. The number of carboxylic acid groups (broad SMARTS) is 1. The lowest BCUT2D eigenvalue weighted by atomic mass is 10.3. The number of ether oxygens (including phenoxy) is 2. The van der Waals surface area contributed by atoms with Crippen LogP contribution in [0.15, 0.2) is 29.6 Å². The first kappa shape index (κ1) is 15.0. The van der Waals surface area contributed by atoms with Crippen molar-refractivity contribution in [1.82, 2.24) is 4.98 Å². The number of hydrogen-bond donors (Lipinski definition) is 1. The van der Waals surface area contributed by atoms with Crippen molar-refractivity contribution in [2.75, 3.05) is 13.7 Å². The van der Waals surface area contributed by atoms with Crippen LogP contribution < -0.4 is 9.47 Å². The standard InChI is InChI=1S/C14H13NO5S/c1-19-10-3-2-4-11(6-10)20-7-12(16)14-15-9(8-21-14)5-13(17)18/h2-4,6,8H,5,7H2,1H3,(H,17,18). The van der Waals surface area contributed by atoms with Gasteiger partial charge in [-0.15, -0.1) is 11.3 Å². The zero-order chi connectivity index (χ0) is 15.2. The highest BCUT2D eigenvalue weighted by Crippen LogP contribution is 2.19. The van der Waals surface area contributed by atoms with Crippen molar-refractivity contribution in [3.8, 4) is 11.5 Å². The van der Waals surface area contributed by atoms with Gasteiger partial charge in [0.05, 0.1) is 19.2 Å². The molecule has 0 amide bonds. The number of carbonyl (C=O) groups is 2. The fraction of sp³-hybridized carbons (Fsp3) is 0.214. The van der Waals surface area contributed by atoms with Crippen LogP contribution in [0.25, 0.3) is 0 Å². The quantitative estimate of drug-likeness (QED) is 0.788. The molecule has 1 aromatic heterocycles. The number of carbonyl (C=O) groups excluding carboxylic acids is 1. The second kappa shape index (κ2) is 6.85. The molecule has 0 aliphatic rings. The molecule has 0 unspecified atom stereocenters. The summed E-state index contributed by atoms with van der Waals surface area (Å²) in [6.45, 7) is -0.160. The van der Waals surface area contributed by atoms with Crippen molar-refractivity contribution < 1.29 is 24.2 Å². The predicted molar refractivity (Wildman–Crippen MR) is 76.3 cm³/mol. The average molecular weight is 307 g/mol. The molecule has 2 aromatic rings. The molecule has 0 atom stereocenters. The predicted octanol–water partition coefficient (Wildman–Crippen LogP) is 2.04. The van der Waals surface area contributed by atoms with Gasteiger partial charge < -0.3 is 14.6 Å². The Hall–Kier alpha value is -2.41. The molecular formula is C14H13NO5S. The van der Waals surface area contributed by atoms with Gasteiger partial charge in [0.25, 0.3) is 0 Å². The molecule has 21 heavy (non-hydrogen) atoms. The van der Waals surface area contributed by atoms with Gasteiger partial charge in [0.2, 0.25) is 5.78 Å². The monoisotopic (exact) mass is 307 g/mol. The summed E-state index contributed by atoms with van der Waals surface area (Å²) < 4.78 is 10.4. The average Bonchev–Trinajstić information content (AvgIpc) is 2.92. The second-order valence-corrected chi connectivity index (χ2v) is 4.96. The summed E-state index contributed by atoms with van der Waals surface area (Å²) >= 11 is 1.11. The molecule has 110 valence electrons. The molecule has 1 heterocycles. The second-order valence-electron chi connectivity index (χ2n) is 4.11. The largest absolute Gasteiger partial charge is 0.497 e. The number of thiazole rings is 1. The summed E-state index contributed by atoms with van der Waals surface area (Å²) in [6, 6.07) is 6.92. The number of benzene rings is 1. The Labute approximate surface area is 125 Å². The molecule has 6 nitrogen and oxygen atoms in total. The number of ketones is 1. The van der Waals surface area contributed by atoms with Gasteiger partial charge in [-0.3, -0.25) is 9.59 Å². The number of carboxylic acids is 1. The number of hydrogen-bond acceptors (Lipinski definition) is 6. The lowest BCUT2D eigenvalue weighted by Crippen LogP contribution is -2.11. The fourth-order valence-electron chi connectivity index (χ4n) is 1.57. The number of methoxy groups -OCH3 is 1. The van der Waals surface area contributed by atoms with E-state index in [1.165, 1.54) is 0 Å². The van der Waals surface area contributed by atoms with Crippen molar-refractivity contribution in [3.63, 3.8) is 0 Å². The zero-order valence-electron chi connectivity index (χ0n) is 11.2. The van der Waals surface area contributed by atoms with Crippen molar-refractivity contribution >= 4 is 23.1 Å². The number of aromatic nitrogens is 1. The van der Waals surface area contributed by atoms with E-state index in [1.807, 2.05) is 0 Å². The maximum Gasteiger partial charge on any atom is 0.309 e. The topological polar surface area (TPSA) is 85.7 Å². The van der Waals surface area contributed by atoms with Crippen LogP contribution in [-0.4, -0.2) is 35.6 Å². The van der Waals surface area contributed by atoms with Gasteiger partial charge in [-0.05, 0) is 12.1 Å². The van der Waals surface area contributed by atoms with Crippen LogP contribution in [-0.2, 0) is 11.2 Å². The third kappa shape index (κ3) is 4.28. The Balaban J connectivity index is 1.94. The summed E-state index contributed by atoms with van der Waals surface area (Å²) in [5.41, 5.74) is 0.372. The third-order valence-electron chi connectivity index (χ3n) is 2.53. The van der Waals surface area contributed by atoms with E-state index in [4.69, 9.17) is 14.6 Å². The van der Waals surface area contributed by atoms with Crippen LogP contribution in [0.5, 0.6) is 11.5 Å². The normalized spacial score (nSPS) is 10.1. The van der Waals surface area contributed by atoms with Crippen LogP contribution >= 0.6 is 11.3 Å². The molecule has 7 heteroatoms. The minimum atomic E-state index is -0.980. The summed E-state index contributed by atoms with van der Waals surface area (Å²) in [4.78, 5) is 26.5. The number of aliphatic carboxylic acids is 1. The van der Waals surface area contributed by atoms with Gasteiger partial charge in [-0.2, -0.15) is 0 Å². The van der Waals surface area contributed by atoms with Gasteiger partial charge >= 0.3 is 5.97 Å². The lowest BCUT2D eigenvalue weighted by Gasteiger charge is -2.05. The van der Waals surface area contributed by atoms with E-state index >= 15 is 0 Å². The van der Waals surface area contributed by atoms with Crippen LogP contribution in [0.3, 0.4) is 0 Å². The smallest absolute Gasteiger partial charge is 0.309 e. The van der Waals surface area contributed by atoms with Crippen LogP contribution in [0.1, 0.15) is 15.5 Å². The van der Waals surface area contributed by atoms with E-state index in [2.05, 4.69) is 4.98 Å². The Morgan fingerprint density at radius 1 is 1.33 bits per heavy atom. The van der Waals surface area contributed by atoms with Gasteiger partial charge in [-0.25, -0.2) is 4.98 Å². The minimum absolute atomic E-state index is 0.160. The van der Waals surface area contributed by atoms with Crippen molar-refractivity contribution in [2.45, 2.75) is 6.42 Å². The molecule has 0 spiro atoms. The molecule has 0 fully saturated rings. The van der Waals surface area contributed by atoms with Crippen molar-refractivity contribution in [3.05, 3.63) is 40.3 Å². The first-order chi connectivity index (χ1) is 10.1. The molecule has 0 radical (unpaired) electrons. The van der Waals surface area contributed by atoms with Crippen LogP contribution in [0.2, 0.25) is 0 Å². The van der Waals surface area contributed by atoms with Crippen LogP contribution in [0.4, 0.5) is 0 Å². The first-order valence-corrected chi connectivity index (χ1v) is 6.92. The maximum absolute atomic E-state index is 11.9. The molecule has 2 rings (SSSR count). The van der Waals surface area contributed by atoms with E-state index < -0.39 is 5.97 Å². The SMILES string of the molecule is COc1cccc(OCC(=O)c2nc(CC(=O)O)cs2)c1. The Kier molecular flexibility index (Phi) is 4.89. The lowest BCUT2D eigenvalue weighted by molar-refractivity contribution is -0.136. The van der Waals surface area contributed by atoms with Gasteiger partial charge in [0.1, 0.15) is 11.5 Å². The molecule has 1 N–H and O–H groups in total. The Bertz CT molecular complexity index is 652. The molecule has 0 bridgehead atoms. The molecular weight excluding hydrogens is 294 g/mol. The third-order valence-corrected chi connectivity index (χ3v) is 3.47. The Morgan fingerprint density at radius 2 is 2.10 bits per heavy atom. The van der Waals surface area contributed by atoms with E-state index in [-0.39, 0.29) is 23.8 Å². The number of nitrogens with zero attached hydrogens (tertiary/aromatic N) is 1.